The second kappa shape index (κ2) is 8.03. The Morgan fingerprint density at radius 1 is 1.07 bits per heavy atom. The van der Waals surface area contributed by atoms with Gasteiger partial charge in [0.2, 0.25) is 0 Å². The molecule has 0 aromatic heterocycles. The highest BCUT2D eigenvalue weighted by molar-refractivity contribution is 5.74. The summed E-state index contributed by atoms with van der Waals surface area (Å²) in [7, 11) is 0. The molecule has 0 atom stereocenters. The molecule has 0 saturated carbocycles. The van der Waals surface area contributed by atoms with Gasteiger partial charge in [0.1, 0.15) is 0 Å². The lowest BCUT2D eigenvalue weighted by atomic mass is 10.2. The Morgan fingerprint density at radius 3 is 2.13 bits per heavy atom. The highest BCUT2D eigenvalue weighted by Gasteiger charge is 2.04. The van der Waals surface area contributed by atoms with Gasteiger partial charge >= 0.3 is 11.9 Å². The van der Waals surface area contributed by atoms with Gasteiger partial charge in [-0.15, -0.1) is 0 Å². The third-order valence-electron chi connectivity index (χ3n) is 1.65. The van der Waals surface area contributed by atoms with Gasteiger partial charge in [-0.2, -0.15) is 0 Å². The molecule has 15 heavy (non-hydrogen) atoms. The summed E-state index contributed by atoms with van der Waals surface area (Å²) in [5.41, 5.74) is 0.821. The van der Waals surface area contributed by atoms with E-state index < -0.39 is 0 Å². The zero-order chi connectivity index (χ0) is 11.7. The van der Waals surface area contributed by atoms with E-state index in [1.54, 1.807) is 26.8 Å². The van der Waals surface area contributed by atoms with Crippen molar-refractivity contribution in [1.82, 2.24) is 0 Å². The average Bonchev–Trinajstić information content (AvgIpc) is 2.15. The quantitative estimate of drug-likeness (QED) is 0.500. The van der Waals surface area contributed by atoms with Crippen LogP contribution in [0.5, 0.6) is 0 Å². The van der Waals surface area contributed by atoms with E-state index >= 15 is 0 Å². The van der Waals surface area contributed by atoms with E-state index in [0.29, 0.717) is 13.2 Å². The molecule has 0 N–H and O–H groups in total. The number of hydrogen-bond donors (Lipinski definition) is 0. The van der Waals surface area contributed by atoms with E-state index in [1.165, 1.54) is 0 Å². The molecule has 0 radical (unpaired) electrons. The topological polar surface area (TPSA) is 52.6 Å². The largest absolute Gasteiger partial charge is 0.466 e. The summed E-state index contributed by atoms with van der Waals surface area (Å²) in [4.78, 5) is 22.0. The van der Waals surface area contributed by atoms with E-state index in [9.17, 15) is 9.59 Å². The number of carbonyl (C=O) groups is 2. The van der Waals surface area contributed by atoms with E-state index in [0.717, 1.165) is 5.57 Å². The molecule has 0 aliphatic carbocycles. The van der Waals surface area contributed by atoms with Gasteiger partial charge in [-0.1, -0.05) is 11.6 Å². The SMILES string of the molecule is CCOC(=O)C/C=C(/C)CC(=O)OCC. The predicted octanol–water partition coefficient (Wildman–Crippen LogP) is 1.84. The Kier molecular flexibility index (Phi) is 7.32. The Morgan fingerprint density at radius 2 is 1.60 bits per heavy atom. The number of ether oxygens (including phenoxy) is 2. The van der Waals surface area contributed by atoms with Crippen LogP contribution in [0.1, 0.15) is 33.6 Å². The van der Waals surface area contributed by atoms with E-state index in [4.69, 9.17) is 9.47 Å². The Bertz CT molecular complexity index is 243. The molecule has 4 nitrogen and oxygen atoms in total. The standard InChI is InChI=1S/C11H18O4/c1-4-14-10(12)7-6-9(3)8-11(13)15-5-2/h6H,4-5,7-8H2,1-3H3/b9-6-. The van der Waals surface area contributed by atoms with Crippen molar-refractivity contribution in [1.29, 1.82) is 0 Å². The minimum atomic E-state index is -0.277. The summed E-state index contributed by atoms with van der Waals surface area (Å²) in [6.07, 6.45) is 2.13. The van der Waals surface area contributed by atoms with Crippen LogP contribution in [0.4, 0.5) is 0 Å². The Balaban J connectivity index is 3.88. The third kappa shape index (κ3) is 7.73. The molecule has 0 spiro atoms. The van der Waals surface area contributed by atoms with Crippen LogP contribution in [-0.4, -0.2) is 25.2 Å². The van der Waals surface area contributed by atoms with Crippen molar-refractivity contribution in [3.8, 4) is 0 Å². The normalized spacial score (nSPS) is 11.0. The summed E-state index contributed by atoms with van der Waals surface area (Å²) < 4.78 is 9.52. The molecule has 0 fully saturated rings. The molecular formula is C11H18O4. The maximum Gasteiger partial charge on any atom is 0.309 e. The van der Waals surface area contributed by atoms with Crippen LogP contribution in [0.3, 0.4) is 0 Å². The number of carbonyl (C=O) groups excluding carboxylic acids is 2. The highest BCUT2D eigenvalue weighted by Crippen LogP contribution is 2.03. The minimum absolute atomic E-state index is 0.207. The van der Waals surface area contributed by atoms with Crippen LogP contribution in [0, 0.1) is 0 Å². The van der Waals surface area contributed by atoms with Crippen LogP contribution in [-0.2, 0) is 19.1 Å². The monoisotopic (exact) mass is 214 g/mol. The maximum atomic E-state index is 11.0. The fourth-order valence-corrected chi connectivity index (χ4v) is 0.989. The molecule has 0 aromatic rings. The number of esters is 2. The van der Waals surface area contributed by atoms with Gasteiger partial charge < -0.3 is 9.47 Å². The lowest BCUT2D eigenvalue weighted by Crippen LogP contribution is -2.05. The van der Waals surface area contributed by atoms with Crippen molar-refractivity contribution in [3.63, 3.8) is 0 Å². The molecule has 4 heteroatoms. The summed E-state index contributed by atoms with van der Waals surface area (Å²) in [5.74, 6) is -0.546. The maximum absolute atomic E-state index is 11.0. The third-order valence-corrected chi connectivity index (χ3v) is 1.65. The molecule has 0 bridgehead atoms. The smallest absolute Gasteiger partial charge is 0.309 e. The van der Waals surface area contributed by atoms with Gasteiger partial charge in [0.05, 0.1) is 26.1 Å². The first-order valence-corrected chi connectivity index (χ1v) is 5.07. The van der Waals surface area contributed by atoms with Crippen LogP contribution in [0.25, 0.3) is 0 Å². The van der Waals surface area contributed by atoms with E-state index in [2.05, 4.69) is 0 Å². The molecule has 0 aromatic carbocycles. The summed E-state index contributed by atoms with van der Waals surface area (Å²) in [6.45, 7) is 6.06. The van der Waals surface area contributed by atoms with Crippen molar-refractivity contribution < 1.29 is 19.1 Å². The first-order valence-electron chi connectivity index (χ1n) is 5.07. The lowest BCUT2D eigenvalue weighted by molar-refractivity contribution is -0.143. The summed E-state index contributed by atoms with van der Waals surface area (Å²) in [5, 5.41) is 0. The van der Waals surface area contributed by atoms with Crippen molar-refractivity contribution in [2.24, 2.45) is 0 Å². The highest BCUT2D eigenvalue weighted by atomic mass is 16.5. The molecule has 0 aliphatic rings. The number of rotatable bonds is 6. The minimum Gasteiger partial charge on any atom is -0.466 e. The van der Waals surface area contributed by atoms with Gasteiger partial charge in [0.15, 0.2) is 0 Å². The molecule has 86 valence electrons. The van der Waals surface area contributed by atoms with E-state index in [1.807, 2.05) is 0 Å². The van der Waals surface area contributed by atoms with Crippen molar-refractivity contribution in [2.75, 3.05) is 13.2 Å². The second-order valence-electron chi connectivity index (χ2n) is 3.04. The first kappa shape index (κ1) is 13.7. The first-order chi connectivity index (χ1) is 7.10. The fourth-order valence-electron chi connectivity index (χ4n) is 0.989. The van der Waals surface area contributed by atoms with Crippen LogP contribution in [0.2, 0.25) is 0 Å². The molecular weight excluding hydrogens is 196 g/mol. The predicted molar refractivity (Wildman–Crippen MR) is 56.3 cm³/mol. The second-order valence-corrected chi connectivity index (χ2v) is 3.04. The Labute approximate surface area is 90.2 Å². The summed E-state index contributed by atoms with van der Waals surface area (Å²) >= 11 is 0. The number of hydrogen-bond acceptors (Lipinski definition) is 4. The van der Waals surface area contributed by atoms with Crippen LogP contribution < -0.4 is 0 Å². The fraction of sp³-hybridized carbons (Fsp3) is 0.636. The molecule has 0 aliphatic heterocycles. The van der Waals surface area contributed by atoms with Crippen molar-refractivity contribution in [2.45, 2.75) is 33.6 Å². The Hall–Kier alpha value is -1.32. The molecule has 0 heterocycles. The molecule has 0 rings (SSSR count). The van der Waals surface area contributed by atoms with Crippen LogP contribution >= 0.6 is 0 Å². The van der Waals surface area contributed by atoms with Gasteiger partial charge in [-0.3, -0.25) is 9.59 Å². The van der Waals surface area contributed by atoms with Gasteiger partial charge in [-0.05, 0) is 20.8 Å². The van der Waals surface area contributed by atoms with Crippen molar-refractivity contribution in [3.05, 3.63) is 11.6 Å². The van der Waals surface area contributed by atoms with Crippen LogP contribution in [0.15, 0.2) is 11.6 Å². The zero-order valence-corrected chi connectivity index (χ0v) is 9.54. The zero-order valence-electron chi connectivity index (χ0n) is 9.54. The lowest BCUT2D eigenvalue weighted by Gasteiger charge is -2.02. The van der Waals surface area contributed by atoms with Crippen molar-refractivity contribution >= 4 is 11.9 Å². The molecule has 0 amide bonds. The van der Waals surface area contributed by atoms with Gasteiger partial charge in [0, 0.05) is 0 Å². The summed E-state index contributed by atoms with van der Waals surface area (Å²) in [6, 6.07) is 0. The molecule has 0 unspecified atom stereocenters. The molecule has 0 saturated heterocycles. The van der Waals surface area contributed by atoms with Gasteiger partial charge in [-0.25, -0.2) is 0 Å². The van der Waals surface area contributed by atoms with Gasteiger partial charge in [0.25, 0.3) is 0 Å². The average molecular weight is 214 g/mol. The van der Waals surface area contributed by atoms with E-state index in [-0.39, 0.29) is 24.8 Å².